The fourth-order valence-corrected chi connectivity index (χ4v) is 2.78. The molecule has 0 saturated carbocycles. The van der Waals surface area contributed by atoms with Gasteiger partial charge in [0.15, 0.2) is 5.58 Å². The number of aromatic amines is 1. The standard InChI is InChI=1S/C16H13N5O4/c22-13-9-20(8-12-17-5-2-6-18-12)16(24)21(13)7-10-3-1-4-11-14(10)25-15(23)19-11/h1-6H,7-9H2,(H,19,23). The molecule has 1 aromatic carbocycles. The smallest absolute Gasteiger partial charge is 0.407 e. The maximum absolute atomic E-state index is 12.5. The molecule has 4 rings (SSSR count). The van der Waals surface area contributed by atoms with Gasteiger partial charge < -0.3 is 9.32 Å². The lowest BCUT2D eigenvalue weighted by Gasteiger charge is -2.16. The molecular weight excluding hydrogens is 326 g/mol. The summed E-state index contributed by atoms with van der Waals surface area (Å²) < 4.78 is 5.11. The largest absolute Gasteiger partial charge is 0.417 e. The Bertz CT molecular complexity index is 1010. The van der Waals surface area contributed by atoms with Crippen LogP contribution in [0.3, 0.4) is 0 Å². The number of aromatic nitrogens is 3. The molecule has 0 aliphatic carbocycles. The first-order valence-corrected chi connectivity index (χ1v) is 7.58. The van der Waals surface area contributed by atoms with Gasteiger partial charge in [-0.05, 0) is 12.1 Å². The van der Waals surface area contributed by atoms with Gasteiger partial charge in [-0.25, -0.2) is 19.6 Å². The second-order valence-corrected chi connectivity index (χ2v) is 5.59. The summed E-state index contributed by atoms with van der Waals surface area (Å²) in [6.07, 6.45) is 3.16. The third kappa shape index (κ3) is 2.75. The number of H-pyrrole nitrogens is 1. The summed E-state index contributed by atoms with van der Waals surface area (Å²) >= 11 is 0. The summed E-state index contributed by atoms with van der Waals surface area (Å²) in [6, 6.07) is 6.38. The normalized spacial score (nSPS) is 14.7. The van der Waals surface area contributed by atoms with E-state index in [4.69, 9.17) is 4.42 Å². The molecule has 3 aromatic rings. The quantitative estimate of drug-likeness (QED) is 0.706. The second-order valence-electron chi connectivity index (χ2n) is 5.59. The number of rotatable bonds is 4. The molecule has 0 unspecified atom stereocenters. The van der Waals surface area contributed by atoms with E-state index in [0.717, 1.165) is 4.90 Å². The van der Waals surface area contributed by atoms with Gasteiger partial charge in [-0.1, -0.05) is 12.1 Å². The lowest BCUT2D eigenvalue weighted by Crippen LogP contribution is -2.32. The summed E-state index contributed by atoms with van der Waals surface area (Å²) in [4.78, 5) is 49.4. The van der Waals surface area contributed by atoms with Crippen LogP contribution in [0.25, 0.3) is 11.1 Å². The first kappa shape index (κ1) is 15.1. The molecule has 2 aromatic heterocycles. The van der Waals surface area contributed by atoms with E-state index in [-0.39, 0.29) is 25.5 Å². The summed E-state index contributed by atoms with van der Waals surface area (Å²) in [5.74, 6) is -0.440. The number of para-hydroxylation sites is 1. The maximum Gasteiger partial charge on any atom is 0.417 e. The van der Waals surface area contributed by atoms with Crippen LogP contribution in [0, 0.1) is 0 Å². The van der Waals surface area contributed by atoms with Crippen molar-refractivity contribution >= 4 is 23.0 Å². The van der Waals surface area contributed by atoms with Crippen LogP contribution < -0.4 is 5.76 Å². The molecule has 0 spiro atoms. The molecule has 9 heteroatoms. The van der Waals surface area contributed by atoms with E-state index in [1.807, 2.05) is 0 Å². The molecule has 1 fully saturated rings. The number of carbonyl (C=O) groups excluding carboxylic acids is 2. The Kier molecular flexibility index (Phi) is 3.53. The molecule has 3 heterocycles. The summed E-state index contributed by atoms with van der Waals surface area (Å²) in [7, 11) is 0. The minimum absolute atomic E-state index is 0.0297. The van der Waals surface area contributed by atoms with Crippen molar-refractivity contribution < 1.29 is 14.0 Å². The van der Waals surface area contributed by atoms with E-state index in [2.05, 4.69) is 15.0 Å². The monoisotopic (exact) mass is 339 g/mol. The molecule has 126 valence electrons. The van der Waals surface area contributed by atoms with Gasteiger partial charge in [0.2, 0.25) is 0 Å². The number of carbonyl (C=O) groups is 2. The minimum atomic E-state index is -0.579. The SMILES string of the molecule is O=C1CN(Cc2ncccn2)C(=O)N1Cc1cccc2[nH]c(=O)oc12. The van der Waals surface area contributed by atoms with Crippen molar-refractivity contribution in [2.45, 2.75) is 13.1 Å². The number of amides is 3. The Morgan fingerprint density at radius 1 is 1.08 bits per heavy atom. The number of hydrogen-bond acceptors (Lipinski definition) is 6. The van der Waals surface area contributed by atoms with Crippen molar-refractivity contribution in [2.75, 3.05) is 6.54 Å². The summed E-state index contributed by atoms with van der Waals surface area (Å²) in [5.41, 5.74) is 1.45. The molecule has 1 N–H and O–H groups in total. The molecule has 0 atom stereocenters. The van der Waals surface area contributed by atoms with Crippen LogP contribution >= 0.6 is 0 Å². The van der Waals surface area contributed by atoms with E-state index in [1.165, 1.54) is 4.90 Å². The number of nitrogens with zero attached hydrogens (tertiary/aromatic N) is 4. The van der Waals surface area contributed by atoms with Gasteiger partial charge in [0.1, 0.15) is 12.4 Å². The Labute approximate surface area is 140 Å². The number of fused-ring (bicyclic) bond motifs is 1. The third-order valence-corrected chi connectivity index (χ3v) is 3.94. The zero-order valence-corrected chi connectivity index (χ0v) is 13.0. The van der Waals surface area contributed by atoms with E-state index < -0.39 is 11.8 Å². The highest BCUT2D eigenvalue weighted by atomic mass is 16.4. The predicted octanol–water partition coefficient (Wildman–Crippen LogP) is 0.876. The van der Waals surface area contributed by atoms with Crippen molar-refractivity contribution in [2.24, 2.45) is 0 Å². The van der Waals surface area contributed by atoms with Crippen LogP contribution in [-0.2, 0) is 17.9 Å². The highest BCUT2D eigenvalue weighted by Gasteiger charge is 2.36. The first-order valence-electron chi connectivity index (χ1n) is 7.58. The Balaban J connectivity index is 1.57. The van der Waals surface area contributed by atoms with Crippen molar-refractivity contribution in [3.05, 3.63) is 58.6 Å². The number of imide groups is 1. The van der Waals surface area contributed by atoms with Crippen LogP contribution in [0.15, 0.2) is 45.9 Å². The van der Waals surface area contributed by atoms with Crippen LogP contribution in [0.1, 0.15) is 11.4 Å². The minimum Gasteiger partial charge on any atom is -0.407 e. The average molecular weight is 339 g/mol. The molecule has 1 aliphatic heterocycles. The summed E-state index contributed by atoms with van der Waals surface area (Å²) in [6.45, 7) is 0.150. The third-order valence-electron chi connectivity index (χ3n) is 3.94. The van der Waals surface area contributed by atoms with Crippen molar-refractivity contribution in [1.29, 1.82) is 0 Å². The molecule has 25 heavy (non-hydrogen) atoms. The van der Waals surface area contributed by atoms with E-state index in [9.17, 15) is 14.4 Å². The molecule has 9 nitrogen and oxygen atoms in total. The first-order chi connectivity index (χ1) is 12.1. The number of oxazole rings is 1. The van der Waals surface area contributed by atoms with Crippen LogP contribution in [0.4, 0.5) is 4.79 Å². The van der Waals surface area contributed by atoms with Crippen molar-refractivity contribution in [1.82, 2.24) is 24.8 Å². The van der Waals surface area contributed by atoms with Gasteiger partial charge in [-0.2, -0.15) is 0 Å². The van der Waals surface area contributed by atoms with Crippen LogP contribution in [-0.4, -0.2) is 43.2 Å². The molecule has 1 aliphatic rings. The topological polar surface area (TPSA) is 112 Å². The number of nitrogens with one attached hydrogen (secondary N) is 1. The van der Waals surface area contributed by atoms with Gasteiger partial charge in [0.25, 0.3) is 5.91 Å². The van der Waals surface area contributed by atoms with Crippen molar-refractivity contribution in [3.63, 3.8) is 0 Å². The van der Waals surface area contributed by atoms with Crippen LogP contribution in [0.5, 0.6) is 0 Å². The fraction of sp³-hybridized carbons (Fsp3) is 0.188. The number of benzene rings is 1. The van der Waals surface area contributed by atoms with Crippen LogP contribution in [0.2, 0.25) is 0 Å². The van der Waals surface area contributed by atoms with E-state index in [1.54, 1.807) is 36.7 Å². The van der Waals surface area contributed by atoms with Gasteiger partial charge in [-0.15, -0.1) is 0 Å². The molecule has 0 radical (unpaired) electrons. The lowest BCUT2D eigenvalue weighted by molar-refractivity contribution is -0.125. The van der Waals surface area contributed by atoms with E-state index >= 15 is 0 Å². The van der Waals surface area contributed by atoms with Gasteiger partial charge in [-0.3, -0.25) is 14.7 Å². The number of hydrogen-bond donors (Lipinski definition) is 1. The molecule has 0 bridgehead atoms. The average Bonchev–Trinajstić information content (AvgIpc) is 3.11. The molecule has 3 amide bonds. The molecule has 1 saturated heterocycles. The summed E-state index contributed by atoms with van der Waals surface area (Å²) in [5, 5.41) is 0. The zero-order chi connectivity index (χ0) is 17.4. The van der Waals surface area contributed by atoms with Gasteiger partial charge in [0, 0.05) is 18.0 Å². The Hall–Kier alpha value is -3.49. The number of urea groups is 1. The van der Waals surface area contributed by atoms with Gasteiger partial charge in [0.05, 0.1) is 18.6 Å². The highest BCUT2D eigenvalue weighted by Crippen LogP contribution is 2.21. The Morgan fingerprint density at radius 2 is 1.88 bits per heavy atom. The Morgan fingerprint density at radius 3 is 2.68 bits per heavy atom. The maximum atomic E-state index is 12.5. The second kappa shape index (κ2) is 5.86. The highest BCUT2D eigenvalue weighted by molar-refractivity contribution is 6.02. The van der Waals surface area contributed by atoms with Crippen molar-refractivity contribution in [3.8, 4) is 0 Å². The fourth-order valence-electron chi connectivity index (χ4n) is 2.78. The van der Waals surface area contributed by atoms with E-state index in [0.29, 0.717) is 22.5 Å². The molecular formula is C16H13N5O4. The zero-order valence-electron chi connectivity index (χ0n) is 13.0. The predicted molar refractivity (Wildman–Crippen MR) is 85.2 cm³/mol. The van der Waals surface area contributed by atoms with Gasteiger partial charge >= 0.3 is 11.8 Å². The lowest BCUT2D eigenvalue weighted by atomic mass is 10.2.